The van der Waals surface area contributed by atoms with Gasteiger partial charge in [0.05, 0.1) is 17.2 Å². The predicted octanol–water partition coefficient (Wildman–Crippen LogP) is 3.84. The first-order valence-electron chi connectivity index (χ1n) is 7.22. The number of thiazole rings is 1. The van der Waals surface area contributed by atoms with E-state index in [2.05, 4.69) is 15.3 Å². The zero-order valence-electron chi connectivity index (χ0n) is 12.5. The fraction of sp³-hybridized carbons (Fsp3) is 0.125. The zero-order valence-corrected chi connectivity index (χ0v) is 14.1. The van der Waals surface area contributed by atoms with Crippen LogP contribution in [0, 0.1) is 10.1 Å². The minimum atomic E-state index is -0.438. The van der Waals surface area contributed by atoms with Crippen LogP contribution in [0.5, 0.6) is 0 Å². The molecule has 0 aliphatic rings. The summed E-state index contributed by atoms with van der Waals surface area (Å²) in [6.07, 6.45) is 2.12. The van der Waals surface area contributed by atoms with E-state index >= 15 is 0 Å². The Hall–Kier alpha value is -2.51. The van der Waals surface area contributed by atoms with Crippen LogP contribution in [0.2, 0.25) is 5.02 Å². The molecule has 0 aliphatic heterocycles. The van der Waals surface area contributed by atoms with Crippen LogP contribution in [0.25, 0.3) is 10.6 Å². The van der Waals surface area contributed by atoms with E-state index in [0.717, 1.165) is 28.5 Å². The first kappa shape index (κ1) is 16.4. The van der Waals surface area contributed by atoms with Crippen molar-refractivity contribution in [2.75, 3.05) is 11.9 Å². The van der Waals surface area contributed by atoms with Crippen LogP contribution < -0.4 is 10.3 Å². The van der Waals surface area contributed by atoms with Crippen molar-refractivity contribution in [3.63, 3.8) is 0 Å². The van der Waals surface area contributed by atoms with Crippen molar-refractivity contribution in [2.24, 2.45) is 0 Å². The molecule has 6 nitrogen and oxygen atoms in total. The third-order valence-corrected chi connectivity index (χ3v) is 4.50. The van der Waals surface area contributed by atoms with Crippen LogP contribution in [-0.4, -0.2) is 16.5 Å². The lowest BCUT2D eigenvalue weighted by atomic mass is 10.2. The molecular formula is C16H14ClN4O2S+. The van der Waals surface area contributed by atoms with Crippen LogP contribution in [0.4, 0.5) is 11.5 Å². The van der Waals surface area contributed by atoms with Crippen molar-refractivity contribution in [1.82, 2.24) is 4.98 Å². The second kappa shape index (κ2) is 7.37. The maximum atomic E-state index is 10.6. The highest BCUT2D eigenvalue weighted by Gasteiger charge is 2.10. The average molecular weight is 362 g/mol. The molecule has 8 heteroatoms. The van der Waals surface area contributed by atoms with Gasteiger partial charge in [0.15, 0.2) is 6.20 Å². The molecule has 0 amide bonds. The number of nitro groups is 1. The predicted molar refractivity (Wildman–Crippen MR) is 94.4 cm³/mol. The van der Waals surface area contributed by atoms with Gasteiger partial charge in [-0.15, -0.1) is 11.3 Å². The Morgan fingerprint density at radius 3 is 2.92 bits per heavy atom. The fourth-order valence-electron chi connectivity index (χ4n) is 2.14. The summed E-state index contributed by atoms with van der Waals surface area (Å²) in [5.41, 5.74) is 2.03. The van der Waals surface area contributed by atoms with Crippen molar-refractivity contribution in [3.05, 3.63) is 68.8 Å². The molecule has 3 rings (SSSR count). The Bertz CT molecular complexity index is 851. The molecule has 1 aromatic carbocycles. The normalized spacial score (nSPS) is 10.5. The van der Waals surface area contributed by atoms with Crippen molar-refractivity contribution in [2.45, 2.75) is 6.42 Å². The van der Waals surface area contributed by atoms with Gasteiger partial charge in [0.25, 0.3) is 5.82 Å². The Kier molecular flexibility index (Phi) is 5.02. The molecule has 0 radical (unpaired) electrons. The van der Waals surface area contributed by atoms with Gasteiger partial charge in [-0.25, -0.2) is 9.97 Å². The first-order chi connectivity index (χ1) is 11.6. The lowest BCUT2D eigenvalue weighted by Crippen LogP contribution is -2.15. The molecular weight excluding hydrogens is 348 g/mol. The summed E-state index contributed by atoms with van der Waals surface area (Å²) in [5.74, 6) is 0.728. The standard InChI is InChI=1S/C16H13ClN4O2S/c17-12-3-1-2-11(8-12)16-20-13(10-24-16)6-7-18-15-5-4-14(9-19-15)21(22)23/h1-5,8-10H,6-7H2,(H,18,19)/p+1. The highest BCUT2D eigenvalue weighted by atomic mass is 35.5. The molecule has 122 valence electrons. The number of hydrogen-bond acceptors (Lipinski definition) is 5. The van der Waals surface area contributed by atoms with Gasteiger partial charge >= 0.3 is 5.69 Å². The Balaban J connectivity index is 1.57. The summed E-state index contributed by atoms with van der Waals surface area (Å²) in [4.78, 5) is 17.6. The van der Waals surface area contributed by atoms with Gasteiger partial charge in [0.2, 0.25) is 0 Å². The van der Waals surface area contributed by atoms with Gasteiger partial charge in [-0.05, 0) is 12.1 Å². The van der Waals surface area contributed by atoms with Crippen molar-refractivity contribution < 1.29 is 9.91 Å². The van der Waals surface area contributed by atoms with Gasteiger partial charge in [0.1, 0.15) is 5.01 Å². The summed E-state index contributed by atoms with van der Waals surface area (Å²) in [7, 11) is 0. The summed E-state index contributed by atoms with van der Waals surface area (Å²) in [6, 6.07) is 10.7. The first-order valence-corrected chi connectivity index (χ1v) is 8.48. The number of H-pyrrole nitrogens is 1. The maximum absolute atomic E-state index is 10.6. The van der Waals surface area contributed by atoms with Gasteiger partial charge in [-0.2, -0.15) is 0 Å². The topological polar surface area (TPSA) is 82.2 Å². The van der Waals surface area contributed by atoms with Crippen LogP contribution in [-0.2, 0) is 6.42 Å². The molecule has 2 aromatic heterocycles. The van der Waals surface area contributed by atoms with Gasteiger partial charge < -0.3 is 0 Å². The average Bonchev–Trinajstić information content (AvgIpc) is 3.04. The number of benzene rings is 1. The highest BCUT2D eigenvalue weighted by molar-refractivity contribution is 7.13. The van der Waals surface area contributed by atoms with Crippen LogP contribution in [0.15, 0.2) is 48.0 Å². The van der Waals surface area contributed by atoms with E-state index in [1.807, 2.05) is 29.6 Å². The van der Waals surface area contributed by atoms with E-state index in [1.165, 1.54) is 12.3 Å². The van der Waals surface area contributed by atoms with E-state index in [-0.39, 0.29) is 5.69 Å². The van der Waals surface area contributed by atoms with E-state index in [9.17, 15) is 10.1 Å². The second-order valence-corrected chi connectivity index (χ2v) is 6.34. The van der Waals surface area contributed by atoms with Gasteiger partial charge in [-0.1, -0.05) is 23.7 Å². The van der Waals surface area contributed by atoms with Crippen molar-refractivity contribution in [1.29, 1.82) is 0 Å². The number of aromatic nitrogens is 2. The van der Waals surface area contributed by atoms with Gasteiger partial charge in [0, 0.05) is 34.5 Å². The molecule has 2 heterocycles. The third kappa shape index (κ3) is 4.06. The monoisotopic (exact) mass is 361 g/mol. The molecule has 0 saturated carbocycles. The Labute approximate surface area is 147 Å². The number of hydrogen-bond donors (Lipinski definition) is 1. The molecule has 3 aromatic rings. The highest BCUT2D eigenvalue weighted by Crippen LogP contribution is 2.26. The number of anilines is 1. The molecule has 24 heavy (non-hydrogen) atoms. The number of nitrogens with zero attached hydrogens (tertiary/aromatic N) is 2. The van der Waals surface area contributed by atoms with Crippen LogP contribution in [0.3, 0.4) is 0 Å². The molecule has 0 fully saturated rings. The molecule has 0 aliphatic carbocycles. The second-order valence-electron chi connectivity index (χ2n) is 5.05. The summed E-state index contributed by atoms with van der Waals surface area (Å²) >= 11 is 7.59. The number of rotatable bonds is 6. The number of pyridine rings is 1. The van der Waals surface area contributed by atoms with Gasteiger partial charge in [-0.3, -0.25) is 15.4 Å². The lowest BCUT2D eigenvalue weighted by molar-refractivity contribution is -0.413. The van der Waals surface area contributed by atoms with E-state index in [0.29, 0.717) is 11.6 Å². The molecule has 0 spiro atoms. The summed E-state index contributed by atoms with van der Waals surface area (Å²) in [5, 5.41) is 17.4. The number of halogens is 1. The van der Waals surface area contributed by atoms with Crippen molar-refractivity contribution >= 4 is 34.4 Å². The zero-order chi connectivity index (χ0) is 16.9. The minimum absolute atomic E-state index is 0.0335. The van der Waals surface area contributed by atoms with E-state index in [4.69, 9.17) is 11.6 Å². The molecule has 2 N–H and O–H groups in total. The lowest BCUT2D eigenvalue weighted by Gasteiger charge is -1.98. The summed E-state index contributed by atoms with van der Waals surface area (Å²) in [6.45, 7) is 0.674. The SMILES string of the molecule is O=[N+]([O-])c1ccc(NCCc2csc(-c3cccc(Cl)c3)n2)[nH+]c1. The quantitative estimate of drug-likeness (QED) is 0.534. The third-order valence-electron chi connectivity index (χ3n) is 3.33. The number of aromatic amines is 1. The van der Waals surface area contributed by atoms with Crippen LogP contribution in [0.1, 0.15) is 5.69 Å². The number of nitrogens with one attached hydrogen (secondary N) is 2. The van der Waals surface area contributed by atoms with E-state index < -0.39 is 4.92 Å². The minimum Gasteiger partial charge on any atom is -0.274 e. The Morgan fingerprint density at radius 2 is 2.21 bits per heavy atom. The van der Waals surface area contributed by atoms with E-state index in [1.54, 1.807) is 17.4 Å². The molecule has 0 atom stereocenters. The summed E-state index contributed by atoms with van der Waals surface area (Å²) < 4.78 is 0. The smallest absolute Gasteiger partial charge is 0.274 e. The molecule has 0 unspecified atom stereocenters. The molecule has 0 bridgehead atoms. The largest absolute Gasteiger partial charge is 0.308 e. The van der Waals surface area contributed by atoms with Crippen LogP contribution >= 0.6 is 22.9 Å². The molecule has 0 saturated heterocycles. The van der Waals surface area contributed by atoms with Crippen molar-refractivity contribution in [3.8, 4) is 10.6 Å². The maximum Gasteiger partial charge on any atom is 0.308 e. The fourth-order valence-corrected chi connectivity index (χ4v) is 3.18. The Morgan fingerprint density at radius 1 is 1.33 bits per heavy atom.